The molecular weight excluding hydrogens is 262 g/mol. The lowest BCUT2D eigenvalue weighted by Gasteiger charge is -2.37. The van der Waals surface area contributed by atoms with Crippen molar-refractivity contribution >= 4 is 25.0 Å². The van der Waals surface area contributed by atoms with E-state index in [1.54, 1.807) is 0 Å². The topological polar surface area (TPSA) is 22.1 Å². The summed E-state index contributed by atoms with van der Waals surface area (Å²) in [7, 11) is -1.87. The lowest BCUT2D eigenvalue weighted by atomic mass is 10.1. The first-order valence-electron chi connectivity index (χ1n) is 6.94. The number of fused-ring (bicyclic) bond motifs is 1. The van der Waals surface area contributed by atoms with E-state index in [4.69, 9.17) is 4.43 Å². The molecule has 3 heteroatoms. The van der Waals surface area contributed by atoms with Crippen molar-refractivity contribution in [2.24, 2.45) is 0 Å². The monoisotopic (exact) mass is 285 g/mol. The van der Waals surface area contributed by atoms with E-state index in [1.165, 1.54) is 0 Å². The van der Waals surface area contributed by atoms with Crippen LogP contribution in [-0.4, -0.2) is 13.3 Å². The van der Waals surface area contributed by atoms with Crippen molar-refractivity contribution in [2.75, 3.05) is 0 Å². The molecule has 0 saturated carbocycles. The second-order valence-electron chi connectivity index (χ2n) is 6.67. The van der Waals surface area contributed by atoms with Gasteiger partial charge >= 0.3 is 0 Å². The number of aromatic nitrogens is 1. The third-order valence-corrected chi connectivity index (χ3v) is 8.49. The van der Waals surface area contributed by atoms with Crippen LogP contribution in [0.3, 0.4) is 0 Å². The van der Waals surface area contributed by atoms with Crippen molar-refractivity contribution in [2.45, 2.75) is 38.9 Å². The zero-order valence-corrected chi connectivity index (χ0v) is 14.0. The molecule has 0 radical (unpaired) electrons. The molecule has 0 aliphatic rings. The van der Waals surface area contributed by atoms with Gasteiger partial charge in [0.1, 0.15) is 5.76 Å². The van der Waals surface area contributed by atoms with Crippen molar-refractivity contribution in [3.05, 3.63) is 48.7 Å². The van der Waals surface area contributed by atoms with Crippen LogP contribution < -0.4 is 0 Å². The van der Waals surface area contributed by atoms with E-state index in [9.17, 15) is 0 Å². The van der Waals surface area contributed by atoms with Crippen LogP contribution in [0.5, 0.6) is 0 Å². The Bertz CT molecular complexity index is 635. The SMILES string of the molecule is C=C(O[Si](C)(C)C(C)(C)C)c1cccc2cccnc12. The second-order valence-corrected chi connectivity index (χ2v) is 11.4. The summed E-state index contributed by atoms with van der Waals surface area (Å²) >= 11 is 0. The summed E-state index contributed by atoms with van der Waals surface area (Å²) in [6.45, 7) is 15.3. The summed E-state index contributed by atoms with van der Waals surface area (Å²) in [5, 5.41) is 1.28. The van der Waals surface area contributed by atoms with Gasteiger partial charge in [0.15, 0.2) is 0 Å². The molecule has 2 aromatic rings. The number of rotatable bonds is 3. The van der Waals surface area contributed by atoms with Crippen molar-refractivity contribution < 1.29 is 4.43 Å². The maximum atomic E-state index is 6.30. The van der Waals surface area contributed by atoms with E-state index in [2.05, 4.69) is 57.6 Å². The number of benzene rings is 1. The molecule has 1 aromatic carbocycles. The molecule has 106 valence electrons. The maximum Gasteiger partial charge on any atom is 0.250 e. The number of nitrogens with zero attached hydrogens (tertiary/aromatic N) is 1. The van der Waals surface area contributed by atoms with Gasteiger partial charge in [0.2, 0.25) is 8.32 Å². The van der Waals surface area contributed by atoms with Crippen LogP contribution in [-0.2, 0) is 4.43 Å². The molecule has 0 aliphatic carbocycles. The Kier molecular flexibility index (Phi) is 3.74. The van der Waals surface area contributed by atoms with Gasteiger partial charge < -0.3 is 4.43 Å². The van der Waals surface area contributed by atoms with Crippen molar-refractivity contribution in [1.82, 2.24) is 4.98 Å². The number of pyridine rings is 1. The average molecular weight is 285 g/mol. The fourth-order valence-electron chi connectivity index (χ4n) is 1.85. The van der Waals surface area contributed by atoms with Gasteiger partial charge in [-0.15, -0.1) is 0 Å². The molecule has 0 bridgehead atoms. The molecular formula is C17H23NOSi. The average Bonchev–Trinajstić information content (AvgIpc) is 2.36. The van der Waals surface area contributed by atoms with Gasteiger partial charge in [-0.05, 0) is 30.3 Å². The van der Waals surface area contributed by atoms with E-state index in [1.807, 2.05) is 24.4 Å². The van der Waals surface area contributed by atoms with Gasteiger partial charge in [-0.2, -0.15) is 0 Å². The van der Waals surface area contributed by atoms with Crippen LogP contribution in [0.15, 0.2) is 43.1 Å². The quantitative estimate of drug-likeness (QED) is 0.569. The van der Waals surface area contributed by atoms with Crippen LogP contribution >= 0.6 is 0 Å². The summed E-state index contributed by atoms with van der Waals surface area (Å²) in [5.74, 6) is 0.737. The van der Waals surface area contributed by atoms with E-state index in [0.717, 1.165) is 22.2 Å². The van der Waals surface area contributed by atoms with Gasteiger partial charge in [0.05, 0.1) is 5.52 Å². The summed E-state index contributed by atoms with van der Waals surface area (Å²) in [6, 6.07) is 10.1. The lowest BCUT2D eigenvalue weighted by Crippen LogP contribution is -2.40. The molecule has 20 heavy (non-hydrogen) atoms. The fraction of sp³-hybridized carbons (Fsp3) is 0.353. The van der Waals surface area contributed by atoms with Crippen LogP contribution in [0.4, 0.5) is 0 Å². The summed E-state index contributed by atoms with van der Waals surface area (Å²) in [6.07, 6.45) is 1.81. The van der Waals surface area contributed by atoms with Gasteiger partial charge in [-0.1, -0.05) is 45.5 Å². The van der Waals surface area contributed by atoms with Crippen LogP contribution in [0.25, 0.3) is 16.7 Å². The Labute approximate surface area is 122 Å². The molecule has 0 aliphatic heterocycles. The highest BCUT2D eigenvalue weighted by Crippen LogP contribution is 2.39. The lowest BCUT2D eigenvalue weighted by molar-refractivity contribution is 0.459. The van der Waals surface area contributed by atoms with Gasteiger partial charge in [-0.3, -0.25) is 4.98 Å². The summed E-state index contributed by atoms with van der Waals surface area (Å²) < 4.78 is 6.30. The molecule has 0 fully saturated rings. The molecule has 2 rings (SSSR count). The number of hydrogen-bond acceptors (Lipinski definition) is 2. The normalized spacial score (nSPS) is 12.4. The molecule has 1 heterocycles. The van der Waals surface area contributed by atoms with E-state index in [-0.39, 0.29) is 5.04 Å². The minimum atomic E-state index is -1.87. The Morgan fingerprint density at radius 3 is 2.45 bits per heavy atom. The fourth-order valence-corrected chi connectivity index (χ4v) is 2.88. The zero-order chi connectivity index (χ0) is 15.0. The first kappa shape index (κ1) is 14.8. The standard InChI is InChI=1S/C17H23NOSi/c1-13(19-20(5,6)17(2,3)4)15-11-7-9-14-10-8-12-18-16(14)15/h7-12H,1H2,2-6H3. The van der Waals surface area contributed by atoms with Crippen molar-refractivity contribution in [3.8, 4) is 0 Å². The van der Waals surface area contributed by atoms with Crippen molar-refractivity contribution in [1.29, 1.82) is 0 Å². The zero-order valence-electron chi connectivity index (χ0n) is 13.0. The molecule has 0 N–H and O–H groups in total. The molecule has 0 amide bonds. The third kappa shape index (κ3) is 2.78. The Balaban J connectivity index is 2.38. The number of para-hydroxylation sites is 1. The molecule has 2 nitrogen and oxygen atoms in total. The highest BCUT2D eigenvalue weighted by Gasteiger charge is 2.39. The molecule has 0 saturated heterocycles. The molecule has 1 aromatic heterocycles. The highest BCUT2D eigenvalue weighted by molar-refractivity contribution is 6.74. The largest absolute Gasteiger partial charge is 0.543 e. The smallest absolute Gasteiger partial charge is 0.250 e. The predicted octanol–water partition coefficient (Wildman–Crippen LogP) is 5.23. The van der Waals surface area contributed by atoms with Gasteiger partial charge in [0, 0.05) is 17.1 Å². The van der Waals surface area contributed by atoms with E-state index in [0.29, 0.717) is 0 Å². The second kappa shape index (κ2) is 5.06. The first-order valence-corrected chi connectivity index (χ1v) is 9.85. The molecule has 0 unspecified atom stereocenters. The Hall–Kier alpha value is -1.61. The Morgan fingerprint density at radius 2 is 1.80 bits per heavy atom. The van der Waals surface area contributed by atoms with Crippen LogP contribution in [0.2, 0.25) is 18.1 Å². The minimum absolute atomic E-state index is 0.161. The summed E-state index contributed by atoms with van der Waals surface area (Å²) in [4.78, 5) is 4.47. The number of hydrogen-bond donors (Lipinski definition) is 0. The van der Waals surface area contributed by atoms with Crippen LogP contribution in [0, 0.1) is 0 Å². The van der Waals surface area contributed by atoms with E-state index < -0.39 is 8.32 Å². The highest BCUT2D eigenvalue weighted by atomic mass is 28.4. The van der Waals surface area contributed by atoms with Gasteiger partial charge in [0.25, 0.3) is 0 Å². The first-order chi connectivity index (χ1) is 9.22. The predicted molar refractivity (Wildman–Crippen MR) is 89.1 cm³/mol. The molecule has 0 atom stereocenters. The molecule has 0 spiro atoms. The third-order valence-electron chi connectivity index (χ3n) is 4.12. The van der Waals surface area contributed by atoms with Crippen LogP contribution in [0.1, 0.15) is 26.3 Å². The van der Waals surface area contributed by atoms with Gasteiger partial charge in [-0.25, -0.2) is 0 Å². The maximum absolute atomic E-state index is 6.30. The minimum Gasteiger partial charge on any atom is -0.543 e. The summed E-state index contributed by atoms with van der Waals surface area (Å²) in [5.41, 5.74) is 1.95. The van der Waals surface area contributed by atoms with E-state index >= 15 is 0 Å². The Morgan fingerprint density at radius 1 is 1.15 bits per heavy atom. The van der Waals surface area contributed by atoms with Crippen molar-refractivity contribution in [3.63, 3.8) is 0 Å².